The van der Waals surface area contributed by atoms with Gasteiger partial charge in [0.1, 0.15) is 5.54 Å². The molecule has 1 spiro atoms. The normalized spacial score (nSPS) is 30.8. The Hall–Kier alpha value is -1.67. The number of nitrogens with one attached hydrogen (secondary N) is 2. The summed E-state index contributed by atoms with van der Waals surface area (Å²) in [7, 11) is 0. The highest BCUT2D eigenvalue weighted by Gasteiger charge is 2.51. The number of rotatable bonds is 2. The number of urea groups is 1. The highest BCUT2D eigenvalue weighted by molar-refractivity contribution is 6.07. The number of nitrogens with two attached hydrogens (primary N) is 1. The Bertz CT molecular complexity index is 474. The summed E-state index contributed by atoms with van der Waals surface area (Å²) < 4.78 is 0. The lowest BCUT2D eigenvalue weighted by Gasteiger charge is -2.31. The molecular formula is C13H21N5O3. The Labute approximate surface area is 123 Å². The zero-order valence-electron chi connectivity index (χ0n) is 11.9. The highest BCUT2D eigenvalue weighted by atomic mass is 16.2. The van der Waals surface area contributed by atoms with Crippen molar-refractivity contribution in [1.82, 2.24) is 20.4 Å². The fraction of sp³-hybridized carbons (Fsp3) is 0.769. The van der Waals surface area contributed by atoms with Crippen LogP contribution >= 0.6 is 0 Å². The number of likely N-dealkylation sites (tertiary alicyclic amines) is 2. The van der Waals surface area contributed by atoms with Gasteiger partial charge in [-0.05, 0) is 19.3 Å². The zero-order valence-corrected chi connectivity index (χ0v) is 11.9. The predicted molar refractivity (Wildman–Crippen MR) is 74.3 cm³/mol. The van der Waals surface area contributed by atoms with Gasteiger partial charge in [-0.2, -0.15) is 0 Å². The van der Waals surface area contributed by atoms with Crippen LogP contribution in [0.5, 0.6) is 0 Å². The minimum atomic E-state index is -0.920. The third kappa shape index (κ3) is 2.73. The number of hydrogen-bond donors (Lipinski definition) is 3. The molecule has 0 aromatic rings. The Morgan fingerprint density at radius 3 is 2.62 bits per heavy atom. The number of hydrogen-bond acceptors (Lipinski definition) is 5. The quantitative estimate of drug-likeness (QED) is 0.522. The monoisotopic (exact) mass is 295 g/mol. The first kappa shape index (κ1) is 14.3. The maximum Gasteiger partial charge on any atom is 0.322 e. The van der Waals surface area contributed by atoms with Crippen LogP contribution in [0.2, 0.25) is 0 Å². The van der Waals surface area contributed by atoms with Gasteiger partial charge in [0.2, 0.25) is 5.91 Å². The van der Waals surface area contributed by atoms with E-state index in [-0.39, 0.29) is 24.4 Å². The summed E-state index contributed by atoms with van der Waals surface area (Å²) in [5.41, 5.74) is 4.93. The molecule has 1 unspecified atom stereocenters. The first-order chi connectivity index (χ1) is 9.98. The summed E-state index contributed by atoms with van der Waals surface area (Å²) in [5, 5.41) is 4.89. The van der Waals surface area contributed by atoms with E-state index in [1.54, 1.807) is 4.90 Å². The molecule has 3 saturated heterocycles. The van der Waals surface area contributed by atoms with Crippen molar-refractivity contribution >= 4 is 17.8 Å². The van der Waals surface area contributed by atoms with Crippen molar-refractivity contribution in [3.63, 3.8) is 0 Å². The second-order valence-electron chi connectivity index (χ2n) is 6.17. The van der Waals surface area contributed by atoms with Crippen LogP contribution in [-0.2, 0) is 9.59 Å². The van der Waals surface area contributed by atoms with E-state index in [1.807, 2.05) is 0 Å². The molecule has 3 aliphatic heterocycles. The summed E-state index contributed by atoms with van der Waals surface area (Å²) >= 11 is 0. The molecule has 3 fully saturated rings. The minimum absolute atomic E-state index is 0.0105. The van der Waals surface area contributed by atoms with E-state index in [0.29, 0.717) is 19.5 Å². The average molecular weight is 295 g/mol. The van der Waals surface area contributed by atoms with Crippen molar-refractivity contribution in [2.24, 2.45) is 5.73 Å². The van der Waals surface area contributed by atoms with Crippen molar-refractivity contribution in [1.29, 1.82) is 0 Å². The molecule has 0 radical (unpaired) electrons. The molecule has 8 nitrogen and oxygen atoms in total. The summed E-state index contributed by atoms with van der Waals surface area (Å²) in [6, 6.07) is -0.233. The van der Waals surface area contributed by atoms with Crippen LogP contribution in [0.1, 0.15) is 19.3 Å². The molecule has 0 aromatic carbocycles. The van der Waals surface area contributed by atoms with Gasteiger partial charge < -0.3 is 16.0 Å². The van der Waals surface area contributed by atoms with E-state index < -0.39 is 11.6 Å². The molecule has 3 aliphatic rings. The van der Waals surface area contributed by atoms with Crippen LogP contribution < -0.4 is 16.4 Å². The van der Waals surface area contributed by atoms with Crippen LogP contribution in [0.15, 0.2) is 0 Å². The first-order valence-electron chi connectivity index (χ1n) is 7.38. The third-order valence-corrected chi connectivity index (χ3v) is 4.63. The lowest BCUT2D eigenvalue weighted by molar-refractivity contribution is -0.132. The van der Waals surface area contributed by atoms with Crippen molar-refractivity contribution < 1.29 is 14.4 Å². The number of piperidine rings is 1. The van der Waals surface area contributed by atoms with Gasteiger partial charge in [0.25, 0.3) is 5.91 Å². The van der Waals surface area contributed by atoms with Crippen LogP contribution in [0.25, 0.3) is 0 Å². The summed E-state index contributed by atoms with van der Waals surface area (Å²) in [5.74, 6) is -0.317. The van der Waals surface area contributed by atoms with Gasteiger partial charge in [0.05, 0.1) is 13.1 Å². The maximum absolute atomic E-state index is 12.3. The Morgan fingerprint density at radius 2 is 2.00 bits per heavy atom. The molecule has 0 aliphatic carbocycles. The van der Waals surface area contributed by atoms with Crippen molar-refractivity contribution in [2.45, 2.75) is 30.8 Å². The molecule has 0 bridgehead atoms. The molecule has 4 N–H and O–H groups in total. The lowest BCUT2D eigenvalue weighted by atomic mass is 10.00. The molecule has 116 valence electrons. The van der Waals surface area contributed by atoms with E-state index in [9.17, 15) is 14.4 Å². The highest BCUT2D eigenvalue weighted by Crippen LogP contribution is 2.24. The molecule has 0 saturated carbocycles. The number of carbonyl (C=O) groups is 3. The molecule has 3 heterocycles. The number of carbonyl (C=O) groups excluding carboxylic acids is 3. The molecule has 8 heteroatoms. The topological polar surface area (TPSA) is 108 Å². The Kier molecular flexibility index (Phi) is 3.58. The van der Waals surface area contributed by atoms with E-state index in [4.69, 9.17) is 5.73 Å². The molecule has 21 heavy (non-hydrogen) atoms. The van der Waals surface area contributed by atoms with Crippen molar-refractivity contribution in [2.75, 3.05) is 32.7 Å². The van der Waals surface area contributed by atoms with Gasteiger partial charge in [-0.1, -0.05) is 0 Å². The summed E-state index contributed by atoms with van der Waals surface area (Å²) in [6.07, 6.45) is 2.30. The number of nitrogens with zero attached hydrogens (tertiary/aromatic N) is 2. The third-order valence-electron chi connectivity index (χ3n) is 4.63. The zero-order chi connectivity index (χ0) is 15.0. The summed E-state index contributed by atoms with van der Waals surface area (Å²) in [4.78, 5) is 39.2. The van der Waals surface area contributed by atoms with E-state index in [1.165, 1.54) is 0 Å². The first-order valence-corrected chi connectivity index (χ1v) is 7.38. The van der Waals surface area contributed by atoms with Gasteiger partial charge in [-0.15, -0.1) is 0 Å². The standard InChI is InChI=1S/C13H21N5O3/c14-9-1-4-17(5-2-9)7-10(19)18-6-3-13(8-18)11(20)15-12(21)16-13/h9H,1-8,14H2,(H2,15,16,20,21). The largest absolute Gasteiger partial charge is 0.339 e. The fourth-order valence-electron chi connectivity index (χ4n) is 3.24. The lowest BCUT2D eigenvalue weighted by Crippen LogP contribution is -2.51. The van der Waals surface area contributed by atoms with Gasteiger partial charge in [0, 0.05) is 25.7 Å². The van der Waals surface area contributed by atoms with E-state index >= 15 is 0 Å². The SMILES string of the molecule is NC1CCN(CC(=O)N2CCC3(C2)NC(=O)NC3=O)CC1. The molecule has 4 amide bonds. The molecule has 1 atom stereocenters. The molecular weight excluding hydrogens is 274 g/mol. The van der Waals surface area contributed by atoms with Gasteiger partial charge >= 0.3 is 6.03 Å². The van der Waals surface area contributed by atoms with Gasteiger partial charge in [0.15, 0.2) is 0 Å². The average Bonchev–Trinajstić information content (AvgIpc) is 2.97. The van der Waals surface area contributed by atoms with E-state index in [0.717, 1.165) is 25.9 Å². The fourth-order valence-corrected chi connectivity index (χ4v) is 3.24. The number of amides is 4. The van der Waals surface area contributed by atoms with Gasteiger partial charge in [-0.25, -0.2) is 4.79 Å². The Balaban J connectivity index is 1.55. The van der Waals surface area contributed by atoms with E-state index in [2.05, 4.69) is 15.5 Å². The second-order valence-corrected chi connectivity index (χ2v) is 6.17. The van der Waals surface area contributed by atoms with Crippen molar-refractivity contribution in [3.8, 4) is 0 Å². The van der Waals surface area contributed by atoms with Crippen molar-refractivity contribution in [3.05, 3.63) is 0 Å². The van der Waals surface area contributed by atoms with Crippen LogP contribution in [0, 0.1) is 0 Å². The molecule has 3 rings (SSSR count). The van der Waals surface area contributed by atoms with Gasteiger partial charge in [-0.3, -0.25) is 19.8 Å². The van der Waals surface area contributed by atoms with Crippen LogP contribution in [0.4, 0.5) is 4.79 Å². The smallest absolute Gasteiger partial charge is 0.322 e. The van der Waals surface area contributed by atoms with Crippen LogP contribution in [-0.4, -0.2) is 71.9 Å². The maximum atomic E-state index is 12.3. The number of imide groups is 1. The Morgan fingerprint density at radius 1 is 1.29 bits per heavy atom. The summed E-state index contributed by atoms with van der Waals surface area (Å²) in [6.45, 7) is 2.79. The predicted octanol–water partition coefficient (Wildman–Crippen LogP) is -1.78. The minimum Gasteiger partial charge on any atom is -0.339 e. The molecule has 0 aromatic heterocycles. The second kappa shape index (κ2) is 5.27. The van der Waals surface area contributed by atoms with Crippen LogP contribution in [0.3, 0.4) is 0 Å².